The molecule has 124 valence electrons. The number of rotatable bonds is 7. The molecular formula is C21H23NO2. The average molecular weight is 321 g/mol. The maximum atomic E-state index is 5.99. The molecule has 0 amide bonds. The van der Waals surface area contributed by atoms with E-state index in [1.54, 1.807) is 0 Å². The van der Waals surface area contributed by atoms with E-state index < -0.39 is 0 Å². The van der Waals surface area contributed by atoms with E-state index in [9.17, 15) is 0 Å². The topological polar surface area (TPSA) is 30.5 Å². The molecule has 0 spiro atoms. The summed E-state index contributed by atoms with van der Waals surface area (Å²) in [6.07, 6.45) is 0. The standard InChI is InChI=1S/C21H23NO2/c1-16-7-3-6-10-20(16)23-13-14-24-21-12-11-17-8-4-5-9-18(17)19(21)15-22-2/h3-12,22H,13-15H2,1-2H3. The molecule has 1 N–H and O–H groups in total. The van der Waals surface area contributed by atoms with Gasteiger partial charge >= 0.3 is 0 Å². The lowest BCUT2D eigenvalue weighted by Crippen LogP contribution is -2.12. The van der Waals surface area contributed by atoms with Crippen molar-refractivity contribution in [3.05, 3.63) is 71.8 Å². The summed E-state index contributed by atoms with van der Waals surface area (Å²) in [7, 11) is 1.95. The van der Waals surface area contributed by atoms with Crippen LogP contribution in [0, 0.1) is 6.92 Å². The molecule has 0 aliphatic carbocycles. The van der Waals surface area contributed by atoms with E-state index in [0.717, 1.165) is 23.6 Å². The highest BCUT2D eigenvalue weighted by Gasteiger charge is 2.08. The zero-order chi connectivity index (χ0) is 16.8. The van der Waals surface area contributed by atoms with Crippen molar-refractivity contribution in [3.8, 4) is 11.5 Å². The third-order valence-electron chi connectivity index (χ3n) is 4.04. The molecule has 0 bridgehead atoms. The molecule has 3 rings (SSSR count). The molecule has 3 aromatic rings. The van der Waals surface area contributed by atoms with Gasteiger partial charge in [0.15, 0.2) is 0 Å². The van der Waals surface area contributed by atoms with Gasteiger partial charge in [-0.25, -0.2) is 0 Å². The monoisotopic (exact) mass is 321 g/mol. The molecule has 0 saturated heterocycles. The van der Waals surface area contributed by atoms with Crippen LogP contribution in [0.25, 0.3) is 10.8 Å². The fourth-order valence-corrected chi connectivity index (χ4v) is 2.83. The summed E-state index contributed by atoms with van der Waals surface area (Å²) < 4.78 is 11.8. The van der Waals surface area contributed by atoms with Crippen LogP contribution in [-0.4, -0.2) is 20.3 Å². The van der Waals surface area contributed by atoms with Crippen LogP contribution < -0.4 is 14.8 Å². The molecule has 0 aromatic heterocycles. The first-order chi connectivity index (χ1) is 11.8. The third-order valence-corrected chi connectivity index (χ3v) is 4.04. The average Bonchev–Trinajstić information content (AvgIpc) is 2.61. The molecule has 3 nitrogen and oxygen atoms in total. The van der Waals surface area contributed by atoms with Crippen LogP contribution in [0.5, 0.6) is 11.5 Å². The van der Waals surface area contributed by atoms with Gasteiger partial charge in [0.1, 0.15) is 24.7 Å². The van der Waals surface area contributed by atoms with Crippen molar-refractivity contribution < 1.29 is 9.47 Å². The zero-order valence-corrected chi connectivity index (χ0v) is 14.2. The van der Waals surface area contributed by atoms with E-state index in [2.05, 4.69) is 35.6 Å². The van der Waals surface area contributed by atoms with Crippen molar-refractivity contribution in [3.63, 3.8) is 0 Å². The summed E-state index contributed by atoms with van der Waals surface area (Å²) in [5.74, 6) is 1.83. The van der Waals surface area contributed by atoms with Crippen molar-refractivity contribution in [2.75, 3.05) is 20.3 Å². The maximum Gasteiger partial charge on any atom is 0.124 e. The minimum Gasteiger partial charge on any atom is -0.490 e. The Morgan fingerprint density at radius 3 is 2.29 bits per heavy atom. The van der Waals surface area contributed by atoms with Gasteiger partial charge in [0, 0.05) is 12.1 Å². The number of aryl methyl sites for hydroxylation is 1. The Bertz CT molecular complexity index is 814. The van der Waals surface area contributed by atoms with Crippen LogP contribution in [0.4, 0.5) is 0 Å². The normalized spacial score (nSPS) is 10.8. The van der Waals surface area contributed by atoms with Gasteiger partial charge in [0.25, 0.3) is 0 Å². The summed E-state index contributed by atoms with van der Waals surface area (Å²) in [6.45, 7) is 3.86. The van der Waals surface area contributed by atoms with E-state index in [0.29, 0.717) is 13.2 Å². The second kappa shape index (κ2) is 7.84. The van der Waals surface area contributed by atoms with E-state index in [4.69, 9.17) is 9.47 Å². The highest BCUT2D eigenvalue weighted by atomic mass is 16.5. The van der Waals surface area contributed by atoms with Gasteiger partial charge in [-0.1, -0.05) is 48.5 Å². The molecule has 0 heterocycles. The highest BCUT2D eigenvalue weighted by molar-refractivity contribution is 5.87. The van der Waals surface area contributed by atoms with Gasteiger partial charge in [-0.15, -0.1) is 0 Å². The quantitative estimate of drug-likeness (QED) is 0.657. The predicted molar refractivity (Wildman–Crippen MR) is 98.9 cm³/mol. The number of benzene rings is 3. The van der Waals surface area contributed by atoms with Crippen molar-refractivity contribution >= 4 is 10.8 Å². The molecule has 0 saturated carbocycles. The maximum absolute atomic E-state index is 5.99. The minimum atomic E-state index is 0.517. The van der Waals surface area contributed by atoms with Gasteiger partial charge in [-0.05, 0) is 42.4 Å². The summed E-state index contributed by atoms with van der Waals surface area (Å²) in [6, 6.07) is 20.6. The Hall–Kier alpha value is -2.52. The number of hydrogen-bond donors (Lipinski definition) is 1. The largest absolute Gasteiger partial charge is 0.490 e. The number of hydrogen-bond acceptors (Lipinski definition) is 3. The van der Waals surface area contributed by atoms with Gasteiger partial charge < -0.3 is 14.8 Å². The Morgan fingerprint density at radius 1 is 0.792 bits per heavy atom. The van der Waals surface area contributed by atoms with Crippen LogP contribution in [0.2, 0.25) is 0 Å². The Balaban J connectivity index is 1.68. The first-order valence-corrected chi connectivity index (χ1v) is 8.26. The third kappa shape index (κ3) is 3.69. The summed E-state index contributed by atoms with van der Waals surface area (Å²) in [4.78, 5) is 0. The summed E-state index contributed by atoms with van der Waals surface area (Å²) in [5.41, 5.74) is 2.32. The fourth-order valence-electron chi connectivity index (χ4n) is 2.83. The Kier molecular flexibility index (Phi) is 5.34. The molecular weight excluding hydrogens is 298 g/mol. The lowest BCUT2D eigenvalue weighted by atomic mass is 10.0. The summed E-state index contributed by atoms with van der Waals surface area (Å²) >= 11 is 0. The molecule has 0 atom stereocenters. The fraction of sp³-hybridized carbons (Fsp3) is 0.238. The molecule has 3 heteroatoms. The van der Waals surface area contributed by atoms with Crippen LogP contribution in [0.3, 0.4) is 0 Å². The van der Waals surface area contributed by atoms with E-state index in [-0.39, 0.29) is 0 Å². The first kappa shape index (κ1) is 16.3. The van der Waals surface area contributed by atoms with Crippen molar-refractivity contribution in [1.29, 1.82) is 0 Å². The Labute approximate surface area is 143 Å². The highest BCUT2D eigenvalue weighted by Crippen LogP contribution is 2.28. The van der Waals surface area contributed by atoms with E-state index in [1.807, 2.05) is 44.3 Å². The van der Waals surface area contributed by atoms with Crippen molar-refractivity contribution in [2.24, 2.45) is 0 Å². The van der Waals surface area contributed by atoms with Crippen molar-refractivity contribution in [2.45, 2.75) is 13.5 Å². The second-order valence-corrected chi connectivity index (χ2v) is 5.76. The minimum absolute atomic E-state index is 0.517. The van der Waals surface area contributed by atoms with Crippen LogP contribution in [-0.2, 0) is 6.54 Å². The molecule has 0 radical (unpaired) electrons. The number of fused-ring (bicyclic) bond motifs is 1. The molecule has 0 aliphatic rings. The lowest BCUT2D eigenvalue weighted by molar-refractivity contribution is 0.215. The van der Waals surface area contributed by atoms with E-state index >= 15 is 0 Å². The van der Waals surface area contributed by atoms with Gasteiger partial charge in [0.05, 0.1) is 0 Å². The molecule has 3 aromatic carbocycles. The SMILES string of the molecule is CNCc1c(OCCOc2ccccc2C)ccc2ccccc12. The second-order valence-electron chi connectivity index (χ2n) is 5.76. The van der Waals surface area contributed by atoms with Gasteiger partial charge in [-0.3, -0.25) is 0 Å². The number of nitrogens with one attached hydrogen (secondary N) is 1. The molecule has 0 fully saturated rings. The van der Waals surface area contributed by atoms with Crippen LogP contribution in [0.1, 0.15) is 11.1 Å². The number of para-hydroxylation sites is 1. The lowest BCUT2D eigenvalue weighted by Gasteiger charge is -2.15. The molecule has 24 heavy (non-hydrogen) atoms. The summed E-state index contributed by atoms with van der Waals surface area (Å²) in [5, 5.41) is 5.68. The smallest absolute Gasteiger partial charge is 0.124 e. The molecule has 0 unspecified atom stereocenters. The van der Waals surface area contributed by atoms with Gasteiger partial charge in [-0.2, -0.15) is 0 Å². The van der Waals surface area contributed by atoms with E-state index in [1.165, 1.54) is 16.3 Å². The van der Waals surface area contributed by atoms with Crippen LogP contribution in [0.15, 0.2) is 60.7 Å². The first-order valence-electron chi connectivity index (χ1n) is 8.26. The van der Waals surface area contributed by atoms with Gasteiger partial charge in [0.2, 0.25) is 0 Å². The molecule has 0 aliphatic heterocycles. The number of ether oxygens (including phenoxy) is 2. The van der Waals surface area contributed by atoms with Crippen LogP contribution >= 0.6 is 0 Å². The Morgan fingerprint density at radius 2 is 1.50 bits per heavy atom. The van der Waals surface area contributed by atoms with Crippen molar-refractivity contribution in [1.82, 2.24) is 5.32 Å². The zero-order valence-electron chi connectivity index (χ0n) is 14.2. The predicted octanol–water partition coefficient (Wildman–Crippen LogP) is 4.33.